The summed E-state index contributed by atoms with van der Waals surface area (Å²) in [5.41, 5.74) is 0.974. The summed E-state index contributed by atoms with van der Waals surface area (Å²) < 4.78 is 5.63. The smallest absolute Gasteiger partial charge is 0.335 e. The largest absolute Gasteiger partial charge is 0.478 e. The Bertz CT molecular complexity index is 617. The van der Waals surface area contributed by atoms with Gasteiger partial charge in [-0.15, -0.1) is 11.8 Å². The molecule has 2 rings (SSSR count). The van der Waals surface area contributed by atoms with Crippen molar-refractivity contribution in [2.24, 2.45) is 0 Å². The second kappa shape index (κ2) is 5.71. The molecule has 0 saturated heterocycles. The summed E-state index contributed by atoms with van der Waals surface area (Å²) >= 11 is 1.50. The van der Waals surface area contributed by atoms with E-state index in [0.29, 0.717) is 11.6 Å². The van der Waals surface area contributed by atoms with Crippen LogP contribution in [0.25, 0.3) is 0 Å². The molecule has 0 radical (unpaired) electrons. The van der Waals surface area contributed by atoms with Gasteiger partial charge in [0.15, 0.2) is 0 Å². The van der Waals surface area contributed by atoms with Gasteiger partial charge in [0, 0.05) is 6.07 Å². The maximum absolute atomic E-state index is 10.8. The lowest BCUT2D eigenvalue weighted by atomic mass is 10.1. The van der Waals surface area contributed by atoms with Gasteiger partial charge in [0.1, 0.15) is 17.1 Å². The zero-order chi connectivity index (χ0) is 13.8. The molecule has 5 nitrogen and oxygen atoms in total. The van der Waals surface area contributed by atoms with Gasteiger partial charge < -0.3 is 9.84 Å². The van der Waals surface area contributed by atoms with E-state index in [9.17, 15) is 4.79 Å². The molecule has 0 amide bonds. The Morgan fingerprint density at radius 3 is 2.74 bits per heavy atom. The van der Waals surface area contributed by atoms with Crippen molar-refractivity contribution in [1.29, 1.82) is 0 Å². The Labute approximate surface area is 114 Å². The highest BCUT2D eigenvalue weighted by atomic mass is 32.2. The third-order valence-corrected chi connectivity index (χ3v) is 3.10. The van der Waals surface area contributed by atoms with Crippen LogP contribution in [0.1, 0.15) is 15.9 Å². The normalized spacial score (nSPS) is 10.2. The second-order valence-corrected chi connectivity index (χ2v) is 4.61. The number of aryl methyl sites for hydroxylation is 1. The number of nitrogens with zero attached hydrogens (tertiary/aromatic N) is 2. The lowest BCUT2D eigenvalue weighted by molar-refractivity contribution is 0.0697. The second-order valence-electron chi connectivity index (χ2n) is 3.79. The van der Waals surface area contributed by atoms with Crippen molar-refractivity contribution < 1.29 is 14.6 Å². The van der Waals surface area contributed by atoms with Crippen molar-refractivity contribution in [2.45, 2.75) is 11.9 Å². The molecule has 6 heteroatoms. The molecule has 0 saturated carbocycles. The quantitative estimate of drug-likeness (QED) is 0.683. The fourth-order valence-corrected chi connectivity index (χ4v) is 1.87. The molecule has 98 valence electrons. The lowest BCUT2D eigenvalue weighted by Crippen LogP contribution is -1.98. The minimum atomic E-state index is -0.957. The van der Waals surface area contributed by atoms with Crippen LogP contribution in [0.3, 0.4) is 0 Å². The van der Waals surface area contributed by atoms with Crippen LogP contribution in [0.2, 0.25) is 0 Å². The van der Waals surface area contributed by atoms with E-state index in [2.05, 4.69) is 9.97 Å². The summed E-state index contributed by atoms with van der Waals surface area (Å²) in [6.45, 7) is 1.79. The van der Waals surface area contributed by atoms with Gasteiger partial charge in [-0.3, -0.25) is 0 Å². The number of carboxylic acids is 1. The number of aromatic nitrogens is 2. The summed E-state index contributed by atoms with van der Waals surface area (Å²) in [6.07, 6.45) is 3.35. The fourth-order valence-electron chi connectivity index (χ4n) is 1.50. The van der Waals surface area contributed by atoms with Crippen LogP contribution in [0.15, 0.2) is 35.6 Å². The number of hydrogen-bond donors (Lipinski definition) is 1. The zero-order valence-electron chi connectivity index (χ0n) is 10.5. The summed E-state index contributed by atoms with van der Waals surface area (Å²) in [5.74, 6) is 0.0580. The maximum atomic E-state index is 10.8. The Balaban J connectivity index is 2.25. The van der Waals surface area contributed by atoms with E-state index in [1.54, 1.807) is 25.1 Å². The van der Waals surface area contributed by atoms with Gasteiger partial charge >= 0.3 is 5.97 Å². The highest BCUT2D eigenvalue weighted by molar-refractivity contribution is 7.98. The van der Waals surface area contributed by atoms with Gasteiger partial charge in [-0.05, 0) is 36.9 Å². The molecule has 0 aliphatic heterocycles. The minimum Gasteiger partial charge on any atom is -0.478 e. The molecule has 1 N–H and O–H groups in total. The van der Waals surface area contributed by atoms with Crippen LogP contribution in [0.4, 0.5) is 0 Å². The molecule has 0 aliphatic carbocycles. The van der Waals surface area contributed by atoms with Crippen LogP contribution < -0.4 is 4.74 Å². The van der Waals surface area contributed by atoms with Gasteiger partial charge in [0.2, 0.25) is 5.88 Å². The molecule has 0 unspecified atom stereocenters. The zero-order valence-corrected chi connectivity index (χ0v) is 11.3. The standard InChI is InChI=1S/C13H12N2O3S/c1-8-5-9(13(16)17)3-4-10(8)18-11-6-12(19-2)15-7-14-11/h3-7H,1-2H3,(H,16,17). The van der Waals surface area contributed by atoms with Gasteiger partial charge in [-0.1, -0.05) is 0 Å². The highest BCUT2D eigenvalue weighted by Crippen LogP contribution is 2.25. The van der Waals surface area contributed by atoms with E-state index < -0.39 is 5.97 Å². The number of rotatable bonds is 4. The fraction of sp³-hybridized carbons (Fsp3) is 0.154. The third kappa shape index (κ3) is 3.23. The van der Waals surface area contributed by atoms with Crippen LogP contribution >= 0.6 is 11.8 Å². The molecule has 1 aromatic carbocycles. The van der Waals surface area contributed by atoms with Crippen LogP contribution in [0.5, 0.6) is 11.6 Å². The number of carboxylic acid groups (broad SMARTS) is 1. The van der Waals surface area contributed by atoms with Crippen molar-refractivity contribution in [3.63, 3.8) is 0 Å². The number of carbonyl (C=O) groups is 1. The molecule has 0 spiro atoms. The predicted molar refractivity (Wildman–Crippen MR) is 72.0 cm³/mol. The number of ether oxygens (including phenoxy) is 1. The van der Waals surface area contributed by atoms with Crippen molar-refractivity contribution >= 4 is 17.7 Å². The SMILES string of the molecule is CSc1cc(Oc2ccc(C(=O)O)cc2C)ncn1. The molecule has 0 atom stereocenters. The lowest BCUT2D eigenvalue weighted by Gasteiger charge is -2.08. The molecule has 0 fully saturated rings. The van der Waals surface area contributed by atoms with Crippen molar-refractivity contribution in [1.82, 2.24) is 9.97 Å². The first kappa shape index (κ1) is 13.4. The Hall–Kier alpha value is -2.08. The van der Waals surface area contributed by atoms with E-state index in [1.807, 2.05) is 6.26 Å². The monoisotopic (exact) mass is 276 g/mol. The van der Waals surface area contributed by atoms with Crippen LogP contribution in [0, 0.1) is 6.92 Å². The molecular formula is C13H12N2O3S. The highest BCUT2D eigenvalue weighted by Gasteiger charge is 2.08. The van der Waals surface area contributed by atoms with Crippen molar-refractivity contribution in [2.75, 3.05) is 6.26 Å². The summed E-state index contributed by atoms with van der Waals surface area (Å²) in [5, 5.41) is 9.70. The third-order valence-electron chi connectivity index (χ3n) is 2.46. The number of aromatic carboxylic acids is 1. The summed E-state index contributed by atoms with van der Waals surface area (Å²) in [6, 6.07) is 6.42. The number of thioether (sulfide) groups is 1. The molecule has 0 aliphatic rings. The Kier molecular flexibility index (Phi) is 4.01. The van der Waals surface area contributed by atoms with E-state index in [1.165, 1.54) is 24.2 Å². The molecular weight excluding hydrogens is 264 g/mol. The first-order valence-electron chi connectivity index (χ1n) is 5.48. The van der Waals surface area contributed by atoms with E-state index >= 15 is 0 Å². The molecule has 0 bridgehead atoms. The van der Waals surface area contributed by atoms with Gasteiger partial charge in [-0.25, -0.2) is 14.8 Å². The van der Waals surface area contributed by atoms with Crippen LogP contribution in [-0.2, 0) is 0 Å². The molecule has 19 heavy (non-hydrogen) atoms. The minimum absolute atomic E-state index is 0.234. The topological polar surface area (TPSA) is 72.3 Å². The van der Waals surface area contributed by atoms with E-state index in [-0.39, 0.29) is 5.56 Å². The number of benzene rings is 1. The average molecular weight is 276 g/mol. The molecule has 1 aromatic heterocycles. The average Bonchev–Trinajstić information content (AvgIpc) is 2.41. The van der Waals surface area contributed by atoms with E-state index in [4.69, 9.17) is 9.84 Å². The number of hydrogen-bond acceptors (Lipinski definition) is 5. The maximum Gasteiger partial charge on any atom is 0.335 e. The summed E-state index contributed by atoms with van der Waals surface area (Å²) in [4.78, 5) is 18.9. The van der Waals surface area contributed by atoms with Crippen molar-refractivity contribution in [3.05, 3.63) is 41.7 Å². The first-order chi connectivity index (χ1) is 9.10. The Morgan fingerprint density at radius 1 is 1.32 bits per heavy atom. The first-order valence-corrected chi connectivity index (χ1v) is 6.70. The summed E-state index contributed by atoms with van der Waals surface area (Å²) in [7, 11) is 0. The van der Waals surface area contributed by atoms with Gasteiger partial charge in [-0.2, -0.15) is 0 Å². The molecule has 1 heterocycles. The van der Waals surface area contributed by atoms with Gasteiger partial charge in [0.25, 0.3) is 0 Å². The van der Waals surface area contributed by atoms with Crippen LogP contribution in [-0.4, -0.2) is 27.3 Å². The van der Waals surface area contributed by atoms with E-state index in [0.717, 1.165) is 10.6 Å². The predicted octanol–water partition coefficient (Wildman–Crippen LogP) is 3.00. The Morgan fingerprint density at radius 2 is 2.11 bits per heavy atom. The van der Waals surface area contributed by atoms with Gasteiger partial charge in [0.05, 0.1) is 5.56 Å². The van der Waals surface area contributed by atoms with Crippen molar-refractivity contribution in [3.8, 4) is 11.6 Å². The molecule has 2 aromatic rings.